The van der Waals surface area contributed by atoms with E-state index >= 15 is 0 Å². The summed E-state index contributed by atoms with van der Waals surface area (Å²) in [5, 5.41) is 4.21. The van der Waals surface area contributed by atoms with E-state index in [1.807, 2.05) is 39.8 Å². The van der Waals surface area contributed by atoms with Crippen molar-refractivity contribution in [1.82, 2.24) is 15.3 Å². The minimum Gasteiger partial charge on any atom is -0.444 e. The maximum absolute atomic E-state index is 11.9. The summed E-state index contributed by atoms with van der Waals surface area (Å²) < 4.78 is 5.33. The van der Waals surface area contributed by atoms with Crippen LogP contribution in [0.1, 0.15) is 39.2 Å². The average Bonchev–Trinajstić information content (AvgIpc) is 2.52. The number of benzene rings is 1. The van der Waals surface area contributed by atoms with Gasteiger partial charge in [-0.3, -0.25) is 0 Å². The van der Waals surface area contributed by atoms with E-state index in [1.54, 1.807) is 0 Å². The third-order valence-electron chi connectivity index (χ3n) is 4.32. The first-order valence-corrected chi connectivity index (χ1v) is 9.27. The first kappa shape index (κ1) is 18.7. The van der Waals surface area contributed by atoms with Crippen LogP contribution in [0.15, 0.2) is 18.2 Å². The van der Waals surface area contributed by atoms with Crippen molar-refractivity contribution in [3.05, 3.63) is 29.0 Å². The quantitative estimate of drug-likeness (QED) is 0.799. The molecule has 140 valence electrons. The molecule has 7 heteroatoms. The Labute approximate surface area is 158 Å². The van der Waals surface area contributed by atoms with Crippen molar-refractivity contribution in [2.45, 2.75) is 52.2 Å². The molecule has 1 aromatic carbocycles. The number of halogens is 1. The molecule has 0 radical (unpaired) electrons. The van der Waals surface area contributed by atoms with Crippen LogP contribution < -0.4 is 10.2 Å². The SMILES string of the molecule is Cc1ccc2c(N3CCC(NC(=O)OC(C)(C)C)CC3)nc(Cl)nc2c1. The molecule has 0 unspecified atom stereocenters. The molecule has 6 nitrogen and oxygen atoms in total. The number of rotatable bonds is 2. The van der Waals surface area contributed by atoms with Crippen LogP contribution in [0.2, 0.25) is 5.28 Å². The van der Waals surface area contributed by atoms with Gasteiger partial charge in [-0.2, -0.15) is 4.98 Å². The smallest absolute Gasteiger partial charge is 0.407 e. The van der Waals surface area contributed by atoms with E-state index in [0.29, 0.717) is 0 Å². The fourth-order valence-corrected chi connectivity index (χ4v) is 3.32. The fraction of sp³-hybridized carbons (Fsp3) is 0.526. The summed E-state index contributed by atoms with van der Waals surface area (Å²) in [6.45, 7) is 9.19. The number of aryl methyl sites for hydroxylation is 1. The van der Waals surface area contributed by atoms with Crippen molar-refractivity contribution in [2.75, 3.05) is 18.0 Å². The maximum atomic E-state index is 11.9. The van der Waals surface area contributed by atoms with E-state index in [2.05, 4.69) is 26.3 Å². The number of amides is 1. The van der Waals surface area contributed by atoms with E-state index in [-0.39, 0.29) is 17.4 Å². The van der Waals surface area contributed by atoms with Crippen LogP contribution in [0.4, 0.5) is 10.6 Å². The molecule has 0 bridgehead atoms. The molecular formula is C19H25ClN4O2. The molecule has 0 saturated carbocycles. The summed E-state index contributed by atoms with van der Waals surface area (Å²) in [7, 11) is 0. The minimum atomic E-state index is -0.487. The van der Waals surface area contributed by atoms with Crippen molar-refractivity contribution in [3.8, 4) is 0 Å². The van der Waals surface area contributed by atoms with Gasteiger partial charge in [0.15, 0.2) is 0 Å². The Balaban J connectivity index is 1.69. The second-order valence-electron chi connectivity index (χ2n) is 7.74. The molecule has 2 aromatic rings. The highest BCUT2D eigenvalue weighted by atomic mass is 35.5. The van der Waals surface area contributed by atoms with E-state index in [4.69, 9.17) is 16.3 Å². The van der Waals surface area contributed by atoms with Gasteiger partial charge in [0.2, 0.25) is 5.28 Å². The highest BCUT2D eigenvalue weighted by molar-refractivity contribution is 6.28. The third-order valence-corrected chi connectivity index (χ3v) is 4.49. The Hall–Kier alpha value is -2.08. The summed E-state index contributed by atoms with van der Waals surface area (Å²) in [5.41, 5.74) is 1.51. The number of nitrogens with zero attached hydrogens (tertiary/aromatic N) is 3. The molecule has 26 heavy (non-hydrogen) atoms. The fourth-order valence-electron chi connectivity index (χ4n) is 3.15. The van der Waals surface area contributed by atoms with Gasteiger partial charge >= 0.3 is 6.09 Å². The number of aromatic nitrogens is 2. The van der Waals surface area contributed by atoms with E-state index in [0.717, 1.165) is 48.2 Å². The topological polar surface area (TPSA) is 67.4 Å². The van der Waals surface area contributed by atoms with Gasteiger partial charge in [-0.15, -0.1) is 0 Å². The Morgan fingerprint density at radius 1 is 1.27 bits per heavy atom. The molecule has 1 fully saturated rings. The van der Waals surface area contributed by atoms with Crippen LogP contribution in [0.25, 0.3) is 10.9 Å². The van der Waals surface area contributed by atoms with Crippen molar-refractivity contribution in [1.29, 1.82) is 0 Å². The summed E-state index contributed by atoms with van der Waals surface area (Å²) in [4.78, 5) is 22.9. The van der Waals surface area contributed by atoms with Crippen molar-refractivity contribution in [3.63, 3.8) is 0 Å². The molecule has 1 N–H and O–H groups in total. The largest absolute Gasteiger partial charge is 0.444 e. The summed E-state index contributed by atoms with van der Waals surface area (Å²) in [5.74, 6) is 0.857. The number of piperidine rings is 1. The lowest BCUT2D eigenvalue weighted by Crippen LogP contribution is -2.46. The number of ether oxygens (including phenoxy) is 1. The summed E-state index contributed by atoms with van der Waals surface area (Å²) in [6, 6.07) is 6.22. The number of fused-ring (bicyclic) bond motifs is 1. The molecule has 1 aliphatic rings. The van der Waals surface area contributed by atoms with Crippen molar-refractivity contribution in [2.24, 2.45) is 0 Å². The zero-order valence-corrected chi connectivity index (χ0v) is 16.4. The molecule has 0 atom stereocenters. The third kappa shape index (κ3) is 4.55. The van der Waals surface area contributed by atoms with Gasteiger partial charge in [-0.25, -0.2) is 9.78 Å². The lowest BCUT2D eigenvalue weighted by molar-refractivity contribution is 0.0497. The number of alkyl carbamates (subject to hydrolysis) is 1. The highest BCUT2D eigenvalue weighted by Crippen LogP contribution is 2.28. The average molecular weight is 377 g/mol. The zero-order chi connectivity index (χ0) is 18.9. The second-order valence-corrected chi connectivity index (χ2v) is 8.08. The van der Waals surface area contributed by atoms with E-state index in [1.165, 1.54) is 0 Å². The standard InChI is InChI=1S/C19H25ClN4O2/c1-12-5-6-14-15(11-12)22-17(20)23-16(14)24-9-7-13(8-10-24)21-18(25)26-19(2,3)4/h5-6,11,13H,7-10H2,1-4H3,(H,21,25). The van der Waals surface area contributed by atoms with Crippen LogP contribution in [0, 0.1) is 6.92 Å². The lowest BCUT2D eigenvalue weighted by atomic mass is 10.0. The lowest BCUT2D eigenvalue weighted by Gasteiger charge is -2.34. The Kier molecular flexibility index (Phi) is 5.23. The van der Waals surface area contributed by atoms with Crippen molar-refractivity contribution < 1.29 is 9.53 Å². The number of hydrogen-bond acceptors (Lipinski definition) is 5. The number of anilines is 1. The van der Waals surface area contributed by atoms with Gasteiger partial charge in [0.25, 0.3) is 0 Å². The van der Waals surface area contributed by atoms with Gasteiger partial charge in [-0.05, 0) is 69.8 Å². The van der Waals surface area contributed by atoms with E-state index in [9.17, 15) is 4.79 Å². The summed E-state index contributed by atoms with van der Waals surface area (Å²) >= 11 is 6.13. The van der Waals surface area contributed by atoms with Gasteiger partial charge in [0.05, 0.1) is 5.52 Å². The number of nitrogens with one attached hydrogen (secondary N) is 1. The van der Waals surface area contributed by atoms with Gasteiger partial charge in [0, 0.05) is 24.5 Å². The normalized spacial score (nSPS) is 16.0. The van der Waals surface area contributed by atoms with Gasteiger partial charge in [0.1, 0.15) is 11.4 Å². The number of hydrogen-bond donors (Lipinski definition) is 1. The van der Waals surface area contributed by atoms with Crippen LogP contribution in [-0.2, 0) is 4.74 Å². The molecular weight excluding hydrogens is 352 g/mol. The first-order valence-electron chi connectivity index (χ1n) is 8.90. The maximum Gasteiger partial charge on any atom is 0.407 e. The molecule has 1 saturated heterocycles. The Morgan fingerprint density at radius 2 is 1.96 bits per heavy atom. The second kappa shape index (κ2) is 7.27. The monoisotopic (exact) mass is 376 g/mol. The molecule has 1 aliphatic heterocycles. The predicted molar refractivity (Wildman–Crippen MR) is 104 cm³/mol. The number of carbonyl (C=O) groups excluding carboxylic acids is 1. The highest BCUT2D eigenvalue weighted by Gasteiger charge is 2.25. The minimum absolute atomic E-state index is 0.104. The molecule has 1 amide bonds. The van der Waals surface area contributed by atoms with Gasteiger partial charge < -0.3 is 15.0 Å². The van der Waals surface area contributed by atoms with E-state index < -0.39 is 5.60 Å². The molecule has 2 heterocycles. The zero-order valence-electron chi connectivity index (χ0n) is 15.7. The summed E-state index contributed by atoms with van der Waals surface area (Å²) in [6.07, 6.45) is 1.30. The number of carbonyl (C=O) groups is 1. The van der Waals surface area contributed by atoms with Gasteiger partial charge in [-0.1, -0.05) is 6.07 Å². The molecule has 0 spiro atoms. The Bertz CT molecular complexity index is 806. The van der Waals surface area contributed by atoms with Crippen LogP contribution in [0.3, 0.4) is 0 Å². The van der Waals surface area contributed by atoms with Crippen LogP contribution in [-0.4, -0.2) is 40.8 Å². The first-order chi connectivity index (χ1) is 12.2. The predicted octanol–water partition coefficient (Wildman–Crippen LogP) is 4.09. The van der Waals surface area contributed by atoms with Crippen molar-refractivity contribution >= 4 is 34.4 Å². The van der Waals surface area contributed by atoms with Crippen LogP contribution >= 0.6 is 11.6 Å². The molecule has 1 aromatic heterocycles. The Morgan fingerprint density at radius 3 is 2.62 bits per heavy atom. The molecule has 0 aliphatic carbocycles. The van der Waals surface area contributed by atoms with Crippen LogP contribution in [0.5, 0.6) is 0 Å². The molecule has 3 rings (SSSR count).